The first kappa shape index (κ1) is 20.9. The fraction of sp³-hybridized carbons (Fsp3) is 0. The smallest absolute Gasteiger partial charge is 0.343 e. The highest BCUT2D eigenvalue weighted by atomic mass is 35.5. The first-order valence-corrected chi connectivity index (χ1v) is 8.95. The second kappa shape index (κ2) is 9.11. The number of non-ortho nitro benzene ring substituents is 1. The van der Waals surface area contributed by atoms with Gasteiger partial charge in [0.05, 0.1) is 16.1 Å². The van der Waals surface area contributed by atoms with Gasteiger partial charge in [0.1, 0.15) is 11.6 Å². The van der Waals surface area contributed by atoms with Crippen molar-refractivity contribution in [1.82, 2.24) is 0 Å². The molecule has 3 aromatic carbocycles. The summed E-state index contributed by atoms with van der Waals surface area (Å²) in [7, 11) is 0. The number of hydrogen-bond donors (Lipinski definition) is 0. The minimum absolute atomic E-state index is 0.0800. The average Bonchev–Trinajstić information content (AvgIpc) is 2.74. The number of halogens is 2. The Labute approximate surface area is 175 Å². The van der Waals surface area contributed by atoms with Crippen molar-refractivity contribution in [2.45, 2.75) is 0 Å². The van der Waals surface area contributed by atoms with Crippen LogP contribution in [-0.4, -0.2) is 16.7 Å². The van der Waals surface area contributed by atoms with Gasteiger partial charge in [0.15, 0.2) is 5.78 Å². The van der Waals surface area contributed by atoms with Crippen molar-refractivity contribution in [1.29, 1.82) is 0 Å². The predicted octanol–water partition coefficient (Wildman–Crippen LogP) is 5.50. The Morgan fingerprint density at radius 2 is 1.77 bits per heavy atom. The highest BCUT2D eigenvalue weighted by Gasteiger charge is 2.18. The Balaban J connectivity index is 1.85. The molecule has 0 heterocycles. The maximum Gasteiger partial charge on any atom is 0.343 e. The number of allylic oxidation sites excluding steroid dienone is 1. The predicted molar refractivity (Wildman–Crippen MR) is 109 cm³/mol. The zero-order valence-electron chi connectivity index (χ0n) is 15.2. The van der Waals surface area contributed by atoms with Gasteiger partial charge >= 0.3 is 5.97 Å². The second-order valence-corrected chi connectivity index (χ2v) is 6.52. The molecule has 0 bridgehead atoms. The number of carbonyl (C=O) groups is 2. The van der Waals surface area contributed by atoms with Gasteiger partial charge in [0.2, 0.25) is 0 Å². The van der Waals surface area contributed by atoms with Gasteiger partial charge in [-0.1, -0.05) is 35.9 Å². The van der Waals surface area contributed by atoms with Crippen LogP contribution in [0.3, 0.4) is 0 Å². The van der Waals surface area contributed by atoms with E-state index < -0.39 is 22.5 Å². The monoisotopic (exact) mass is 425 g/mol. The van der Waals surface area contributed by atoms with Gasteiger partial charge < -0.3 is 4.74 Å². The van der Waals surface area contributed by atoms with E-state index in [4.69, 9.17) is 16.3 Å². The number of benzene rings is 3. The molecule has 0 radical (unpaired) electrons. The Bertz CT molecular complexity index is 1160. The number of nitro groups is 1. The van der Waals surface area contributed by atoms with E-state index in [0.29, 0.717) is 10.6 Å². The third-order valence-corrected chi connectivity index (χ3v) is 4.25. The van der Waals surface area contributed by atoms with Gasteiger partial charge in [-0.25, -0.2) is 9.18 Å². The molecule has 6 nitrogen and oxygen atoms in total. The molecular formula is C22H13ClFNO5. The summed E-state index contributed by atoms with van der Waals surface area (Å²) in [6.45, 7) is 0. The zero-order valence-corrected chi connectivity index (χ0v) is 16.0. The van der Waals surface area contributed by atoms with Crippen LogP contribution in [0.1, 0.15) is 26.3 Å². The molecule has 3 aromatic rings. The summed E-state index contributed by atoms with van der Waals surface area (Å²) < 4.78 is 18.9. The largest absolute Gasteiger partial charge is 0.422 e. The van der Waals surface area contributed by atoms with Crippen molar-refractivity contribution in [3.8, 4) is 5.75 Å². The van der Waals surface area contributed by atoms with Crippen molar-refractivity contribution >= 4 is 35.1 Å². The highest BCUT2D eigenvalue weighted by molar-refractivity contribution is 6.30. The van der Waals surface area contributed by atoms with Crippen molar-refractivity contribution < 1.29 is 23.6 Å². The standard InChI is InChI=1S/C22H13ClFNO5/c23-16-7-4-14(5-8-16)6-10-20(26)19-13-17(24)9-11-21(19)30-22(27)15-2-1-3-18(12-15)25(28)29/h1-13H/b10-6+. The molecular weight excluding hydrogens is 413 g/mol. The lowest BCUT2D eigenvalue weighted by molar-refractivity contribution is -0.384. The van der Waals surface area contributed by atoms with Crippen LogP contribution in [-0.2, 0) is 0 Å². The van der Waals surface area contributed by atoms with Gasteiger partial charge in [-0.2, -0.15) is 0 Å². The molecule has 0 amide bonds. The van der Waals surface area contributed by atoms with Gasteiger partial charge in [-0.3, -0.25) is 14.9 Å². The van der Waals surface area contributed by atoms with Crippen LogP contribution in [0.4, 0.5) is 10.1 Å². The summed E-state index contributed by atoms with van der Waals surface area (Å²) in [4.78, 5) is 35.2. The van der Waals surface area contributed by atoms with E-state index in [1.807, 2.05) is 0 Å². The fourth-order valence-electron chi connectivity index (χ4n) is 2.52. The molecule has 150 valence electrons. The van der Waals surface area contributed by atoms with Crippen LogP contribution >= 0.6 is 11.6 Å². The Morgan fingerprint density at radius 1 is 1.03 bits per heavy atom. The molecule has 0 aliphatic heterocycles. The summed E-state index contributed by atoms with van der Waals surface area (Å²) in [5.41, 5.74) is 0.160. The normalized spacial score (nSPS) is 10.7. The van der Waals surface area contributed by atoms with E-state index in [2.05, 4.69) is 0 Å². The maximum atomic E-state index is 13.7. The van der Waals surface area contributed by atoms with Gasteiger partial charge in [-0.05, 0) is 48.0 Å². The number of ketones is 1. The Morgan fingerprint density at radius 3 is 2.47 bits per heavy atom. The molecule has 0 saturated carbocycles. The molecule has 0 fully saturated rings. The Hall–Kier alpha value is -3.84. The lowest BCUT2D eigenvalue weighted by atomic mass is 10.1. The lowest BCUT2D eigenvalue weighted by Crippen LogP contribution is -2.11. The minimum atomic E-state index is -0.916. The maximum absolute atomic E-state index is 13.7. The summed E-state index contributed by atoms with van der Waals surface area (Å²) in [6.07, 6.45) is 2.72. The van der Waals surface area contributed by atoms with Crippen LogP contribution in [0, 0.1) is 15.9 Å². The Kier molecular flexibility index (Phi) is 6.34. The quantitative estimate of drug-likeness (QED) is 0.130. The van der Waals surface area contributed by atoms with Crippen LogP contribution in [0.5, 0.6) is 5.75 Å². The molecule has 0 aliphatic carbocycles. The fourth-order valence-corrected chi connectivity index (χ4v) is 2.65. The van der Waals surface area contributed by atoms with Crippen molar-refractivity contribution in [2.24, 2.45) is 0 Å². The lowest BCUT2D eigenvalue weighted by Gasteiger charge is -2.08. The number of rotatable bonds is 6. The number of hydrogen-bond acceptors (Lipinski definition) is 5. The number of ether oxygens (including phenoxy) is 1. The van der Waals surface area contributed by atoms with Gasteiger partial charge in [0.25, 0.3) is 5.69 Å². The van der Waals surface area contributed by atoms with Gasteiger partial charge in [0, 0.05) is 17.2 Å². The van der Waals surface area contributed by atoms with Crippen LogP contribution in [0.15, 0.2) is 72.8 Å². The first-order chi connectivity index (χ1) is 14.3. The van der Waals surface area contributed by atoms with E-state index in [1.54, 1.807) is 24.3 Å². The van der Waals surface area contributed by atoms with E-state index in [0.717, 1.165) is 24.3 Å². The summed E-state index contributed by atoms with van der Waals surface area (Å²) in [6, 6.07) is 14.8. The van der Waals surface area contributed by atoms with E-state index in [9.17, 15) is 24.1 Å². The molecule has 0 N–H and O–H groups in total. The van der Waals surface area contributed by atoms with Crippen LogP contribution in [0.2, 0.25) is 5.02 Å². The molecule has 0 atom stereocenters. The number of nitro benzene ring substituents is 1. The third kappa shape index (κ3) is 5.15. The molecule has 0 unspecified atom stereocenters. The minimum Gasteiger partial charge on any atom is -0.422 e. The topological polar surface area (TPSA) is 86.5 Å². The summed E-state index contributed by atoms with van der Waals surface area (Å²) in [5.74, 6) is -2.36. The number of carbonyl (C=O) groups excluding carboxylic acids is 2. The zero-order chi connectivity index (χ0) is 21.7. The molecule has 3 rings (SSSR count). The number of nitrogens with zero attached hydrogens (tertiary/aromatic N) is 1. The summed E-state index contributed by atoms with van der Waals surface area (Å²) in [5, 5.41) is 11.4. The van der Waals surface area contributed by atoms with Crippen molar-refractivity contribution in [2.75, 3.05) is 0 Å². The van der Waals surface area contributed by atoms with E-state index >= 15 is 0 Å². The summed E-state index contributed by atoms with van der Waals surface area (Å²) >= 11 is 5.82. The molecule has 0 aliphatic rings. The molecule has 8 heteroatoms. The SMILES string of the molecule is O=C(Oc1ccc(F)cc1C(=O)/C=C/c1ccc(Cl)cc1)c1cccc([N+](=O)[O-])c1. The van der Waals surface area contributed by atoms with Crippen molar-refractivity contribution in [3.05, 3.63) is 110 Å². The van der Waals surface area contributed by atoms with Gasteiger partial charge in [-0.15, -0.1) is 0 Å². The molecule has 0 spiro atoms. The van der Waals surface area contributed by atoms with Crippen molar-refractivity contribution in [3.63, 3.8) is 0 Å². The van der Waals surface area contributed by atoms with Crippen LogP contribution < -0.4 is 4.74 Å². The molecule has 0 saturated heterocycles. The average molecular weight is 426 g/mol. The van der Waals surface area contributed by atoms with E-state index in [1.165, 1.54) is 30.4 Å². The number of esters is 1. The molecule has 30 heavy (non-hydrogen) atoms. The molecule has 0 aromatic heterocycles. The second-order valence-electron chi connectivity index (χ2n) is 6.09. The van der Waals surface area contributed by atoms with E-state index in [-0.39, 0.29) is 22.6 Å². The first-order valence-electron chi connectivity index (χ1n) is 8.57. The van der Waals surface area contributed by atoms with Crippen LogP contribution in [0.25, 0.3) is 6.08 Å². The third-order valence-electron chi connectivity index (χ3n) is 4.00. The highest BCUT2D eigenvalue weighted by Crippen LogP contribution is 2.23.